The van der Waals surface area contributed by atoms with E-state index in [9.17, 15) is 9.59 Å². The Labute approximate surface area is 178 Å². The maximum Gasteiger partial charge on any atom is 0.321 e. The Bertz CT molecular complexity index is 882. The van der Waals surface area contributed by atoms with E-state index < -0.39 is 5.91 Å². The number of primary amides is 1. The third kappa shape index (κ3) is 4.82. The topological polar surface area (TPSA) is 78.7 Å². The van der Waals surface area contributed by atoms with Crippen LogP contribution in [0.4, 0.5) is 10.5 Å². The maximum atomic E-state index is 12.7. The minimum Gasteiger partial charge on any atom is -0.366 e. The molecule has 0 aromatic heterocycles. The second kappa shape index (κ2) is 9.30. The summed E-state index contributed by atoms with van der Waals surface area (Å²) in [5, 5.41) is 3.01. The van der Waals surface area contributed by atoms with E-state index in [1.165, 1.54) is 32.4 Å². The van der Waals surface area contributed by atoms with Crippen molar-refractivity contribution in [3.63, 3.8) is 0 Å². The first kappa shape index (κ1) is 20.4. The van der Waals surface area contributed by atoms with Crippen LogP contribution in [0.15, 0.2) is 48.5 Å². The third-order valence-corrected chi connectivity index (χ3v) is 6.28. The van der Waals surface area contributed by atoms with Gasteiger partial charge in [0.15, 0.2) is 0 Å². The van der Waals surface area contributed by atoms with Crippen LogP contribution in [0.25, 0.3) is 11.1 Å². The molecule has 0 bridgehead atoms. The number of nitrogens with zero attached hydrogens (tertiary/aromatic N) is 2. The first-order valence-electron chi connectivity index (χ1n) is 10.9. The summed E-state index contributed by atoms with van der Waals surface area (Å²) in [5.74, 6) is -0.440. The van der Waals surface area contributed by atoms with Gasteiger partial charge in [-0.3, -0.25) is 4.79 Å². The van der Waals surface area contributed by atoms with Gasteiger partial charge in [0.05, 0.1) is 0 Å². The molecule has 0 unspecified atom stereocenters. The van der Waals surface area contributed by atoms with E-state index in [4.69, 9.17) is 5.73 Å². The lowest BCUT2D eigenvalue weighted by atomic mass is 10.00. The van der Waals surface area contributed by atoms with Crippen LogP contribution in [0.3, 0.4) is 0 Å². The molecule has 2 aromatic carbocycles. The molecule has 3 N–H and O–H groups in total. The monoisotopic (exact) mass is 406 g/mol. The summed E-state index contributed by atoms with van der Waals surface area (Å²) in [5.41, 5.74) is 8.51. The summed E-state index contributed by atoms with van der Waals surface area (Å²) in [6.07, 6.45) is 6.09. The quantitative estimate of drug-likeness (QED) is 0.807. The van der Waals surface area contributed by atoms with Crippen LogP contribution in [0.2, 0.25) is 0 Å². The Morgan fingerprint density at radius 2 is 1.57 bits per heavy atom. The SMILES string of the molecule is NC(=O)c1cccc(-c2ccc(NC(=O)N3CCC(N4CCCCC4)CC3)cc2)c1. The van der Waals surface area contributed by atoms with Crippen molar-refractivity contribution in [2.75, 3.05) is 31.5 Å². The Kier molecular flexibility index (Phi) is 6.33. The van der Waals surface area contributed by atoms with Gasteiger partial charge in [-0.05, 0) is 74.2 Å². The predicted octanol–water partition coefficient (Wildman–Crippen LogP) is 3.93. The first-order valence-corrected chi connectivity index (χ1v) is 10.9. The smallest absolute Gasteiger partial charge is 0.321 e. The van der Waals surface area contributed by atoms with E-state index in [1.807, 2.05) is 41.3 Å². The van der Waals surface area contributed by atoms with Gasteiger partial charge in [-0.2, -0.15) is 0 Å². The summed E-state index contributed by atoms with van der Waals surface area (Å²) in [7, 11) is 0. The summed E-state index contributed by atoms with van der Waals surface area (Å²) in [4.78, 5) is 28.6. The Morgan fingerprint density at radius 1 is 0.867 bits per heavy atom. The molecule has 30 heavy (non-hydrogen) atoms. The van der Waals surface area contributed by atoms with E-state index in [0.29, 0.717) is 11.6 Å². The summed E-state index contributed by atoms with van der Waals surface area (Å²) in [6, 6.07) is 15.5. The fourth-order valence-corrected chi connectivity index (χ4v) is 4.52. The van der Waals surface area contributed by atoms with E-state index >= 15 is 0 Å². The second-order valence-electron chi connectivity index (χ2n) is 8.27. The Hall–Kier alpha value is -2.86. The Morgan fingerprint density at radius 3 is 2.23 bits per heavy atom. The zero-order valence-electron chi connectivity index (χ0n) is 17.3. The number of rotatable bonds is 4. The van der Waals surface area contributed by atoms with Gasteiger partial charge in [0.1, 0.15) is 0 Å². The molecule has 6 nitrogen and oxygen atoms in total. The second-order valence-corrected chi connectivity index (χ2v) is 8.27. The summed E-state index contributed by atoms with van der Waals surface area (Å²) >= 11 is 0. The number of amides is 3. The molecule has 0 atom stereocenters. The lowest BCUT2D eigenvalue weighted by Gasteiger charge is -2.40. The van der Waals surface area contributed by atoms with Crippen molar-refractivity contribution >= 4 is 17.6 Å². The molecule has 0 saturated carbocycles. The van der Waals surface area contributed by atoms with Crippen molar-refractivity contribution in [3.05, 3.63) is 54.1 Å². The normalized spacial score (nSPS) is 18.2. The van der Waals surface area contributed by atoms with Crippen LogP contribution in [-0.2, 0) is 0 Å². The highest BCUT2D eigenvalue weighted by Crippen LogP contribution is 2.24. The number of urea groups is 1. The Balaban J connectivity index is 1.32. The number of hydrogen-bond acceptors (Lipinski definition) is 3. The molecule has 2 aromatic rings. The van der Waals surface area contributed by atoms with Gasteiger partial charge >= 0.3 is 6.03 Å². The summed E-state index contributed by atoms with van der Waals surface area (Å²) < 4.78 is 0. The fraction of sp³-hybridized carbons (Fsp3) is 0.417. The number of nitrogens with one attached hydrogen (secondary N) is 1. The van der Waals surface area contributed by atoms with E-state index in [0.717, 1.165) is 42.7 Å². The number of benzene rings is 2. The number of anilines is 1. The molecular weight excluding hydrogens is 376 g/mol. The van der Waals surface area contributed by atoms with Gasteiger partial charge in [-0.15, -0.1) is 0 Å². The van der Waals surface area contributed by atoms with Gasteiger partial charge < -0.3 is 20.9 Å². The number of carbonyl (C=O) groups excluding carboxylic acids is 2. The van der Waals surface area contributed by atoms with Crippen LogP contribution >= 0.6 is 0 Å². The van der Waals surface area contributed by atoms with E-state index in [2.05, 4.69) is 10.2 Å². The number of piperidine rings is 2. The highest BCUT2D eigenvalue weighted by Gasteiger charge is 2.27. The van der Waals surface area contributed by atoms with Crippen molar-refractivity contribution in [3.8, 4) is 11.1 Å². The lowest BCUT2D eigenvalue weighted by Crippen LogP contribution is -2.49. The number of carbonyl (C=O) groups is 2. The molecule has 4 rings (SSSR count). The van der Waals surface area contributed by atoms with Crippen molar-refractivity contribution < 1.29 is 9.59 Å². The zero-order chi connectivity index (χ0) is 20.9. The minimum atomic E-state index is -0.440. The van der Waals surface area contributed by atoms with E-state index in [1.54, 1.807) is 12.1 Å². The standard InChI is InChI=1S/C24H30N4O2/c25-23(29)20-6-4-5-19(17-20)18-7-9-21(10-8-18)26-24(30)28-15-11-22(12-16-28)27-13-2-1-3-14-27/h4-10,17,22H,1-3,11-16H2,(H2,25,29)(H,26,30). The number of hydrogen-bond donors (Lipinski definition) is 2. The van der Waals surface area contributed by atoms with Crippen LogP contribution in [0.1, 0.15) is 42.5 Å². The molecule has 3 amide bonds. The molecule has 2 heterocycles. The zero-order valence-corrected chi connectivity index (χ0v) is 17.3. The molecule has 0 spiro atoms. The van der Waals surface area contributed by atoms with Crippen LogP contribution < -0.4 is 11.1 Å². The molecule has 0 aliphatic carbocycles. The highest BCUT2D eigenvalue weighted by molar-refractivity contribution is 5.94. The molecular formula is C24H30N4O2. The lowest BCUT2D eigenvalue weighted by molar-refractivity contribution is 0.1000. The molecule has 0 radical (unpaired) electrons. The average molecular weight is 407 g/mol. The van der Waals surface area contributed by atoms with Crippen LogP contribution in [-0.4, -0.2) is 54.0 Å². The molecule has 2 saturated heterocycles. The largest absolute Gasteiger partial charge is 0.366 e. The minimum absolute atomic E-state index is 0.0319. The molecule has 2 aliphatic rings. The number of likely N-dealkylation sites (tertiary alicyclic amines) is 2. The highest BCUT2D eigenvalue weighted by atomic mass is 16.2. The van der Waals surface area contributed by atoms with Crippen LogP contribution in [0.5, 0.6) is 0 Å². The number of nitrogens with two attached hydrogens (primary N) is 1. The van der Waals surface area contributed by atoms with Gasteiger partial charge in [-0.25, -0.2) is 4.79 Å². The maximum absolute atomic E-state index is 12.7. The third-order valence-electron chi connectivity index (χ3n) is 6.28. The van der Waals surface area contributed by atoms with Gasteiger partial charge in [0.25, 0.3) is 0 Å². The first-order chi connectivity index (χ1) is 14.6. The summed E-state index contributed by atoms with van der Waals surface area (Å²) in [6.45, 7) is 4.05. The van der Waals surface area contributed by atoms with Gasteiger partial charge in [0, 0.05) is 30.4 Å². The van der Waals surface area contributed by atoms with Crippen molar-refractivity contribution in [1.29, 1.82) is 0 Å². The van der Waals surface area contributed by atoms with E-state index in [-0.39, 0.29) is 6.03 Å². The fourth-order valence-electron chi connectivity index (χ4n) is 4.52. The molecule has 6 heteroatoms. The van der Waals surface area contributed by atoms with Crippen molar-refractivity contribution in [1.82, 2.24) is 9.80 Å². The van der Waals surface area contributed by atoms with Gasteiger partial charge in [0.2, 0.25) is 5.91 Å². The molecule has 2 fully saturated rings. The molecule has 158 valence electrons. The van der Waals surface area contributed by atoms with Crippen molar-refractivity contribution in [2.24, 2.45) is 5.73 Å². The van der Waals surface area contributed by atoms with Gasteiger partial charge in [-0.1, -0.05) is 30.7 Å². The predicted molar refractivity (Wildman–Crippen MR) is 119 cm³/mol. The van der Waals surface area contributed by atoms with Crippen molar-refractivity contribution in [2.45, 2.75) is 38.1 Å². The average Bonchev–Trinajstić information content (AvgIpc) is 2.80. The molecule has 2 aliphatic heterocycles. The van der Waals surface area contributed by atoms with Crippen LogP contribution in [0, 0.1) is 0 Å².